The van der Waals surface area contributed by atoms with Gasteiger partial charge in [0.1, 0.15) is 0 Å². The highest BCUT2D eigenvalue weighted by Gasteiger charge is 2.57. The number of fused-ring (bicyclic) bond motifs is 1. The van der Waals surface area contributed by atoms with Gasteiger partial charge in [-0.25, -0.2) is 0 Å². The summed E-state index contributed by atoms with van der Waals surface area (Å²) in [5, 5.41) is 0. The Bertz CT molecular complexity index is 277. The zero-order valence-corrected chi connectivity index (χ0v) is 6.63. The van der Waals surface area contributed by atoms with E-state index in [9.17, 15) is 4.79 Å². The van der Waals surface area contributed by atoms with Crippen LogP contribution in [0.15, 0.2) is 24.3 Å². The van der Waals surface area contributed by atoms with E-state index in [-0.39, 0.29) is 11.2 Å². The molecule has 0 aromatic carbocycles. The highest BCUT2D eigenvalue weighted by Crippen LogP contribution is 2.50. The van der Waals surface area contributed by atoms with Crippen molar-refractivity contribution in [2.45, 2.75) is 12.5 Å². The van der Waals surface area contributed by atoms with E-state index >= 15 is 0 Å². The van der Waals surface area contributed by atoms with Crippen molar-refractivity contribution < 1.29 is 9.53 Å². The number of rotatable bonds is 1. The average Bonchev–Trinajstić information content (AvgIpc) is 2.13. The van der Waals surface area contributed by atoms with Crippen LogP contribution in [0.3, 0.4) is 0 Å². The van der Waals surface area contributed by atoms with Gasteiger partial charge in [0.05, 0.1) is 0 Å². The van der Waals surface area contributed by atoms with Crippen molar-refractivity contribution in [2.24, 2.45) is 5.41 Å². The number of methoxy groups -OCH3 is 1. The third-order valence-corrected chi connectivity index (χ3v) is 2.73. The van der Waals surface area contributed by atoms with Gasteiger partial charge in [0.15, 0.2) is 11.4 Å². The molecule has 2 atom stereocenters. The smallest absolute Gasteiger partial charge is 0.192 e. The van der Waals surface area contributed by atoms with E-state index in [1.165, 1.54) is 0 Å². The Labute approximate surface area is 65.5 Å². The summed E-state index contributed by atoms with van der Waals surface area (Å²) in [5.41, 5.74) is -0.841. The average molecular weight is 150 g/mol. The van der Waals surface area contributed by atoms with E-state index in [4.69, 9.17) is 4.74 Å². The second-order valence-corrected chi connectivity index (χ2v) is 3.25. The van der Waals surface area contributed by atoms with Crippen molar-refractivity contribution in [1.82, 2.24) is 0 Å². The van der Waals surface area contributed by atoms with Gasteiger partial charge in [0.2, 0.25) is 0 Å². The van der Waals surface area contributed by atoms with Crippen LogP contribution in [0.25, 0.3) is 0 Å². The molecule has 0 heterocycles. The van der Waals surface area contributed by atoms with Crippen LogP contribution in [0.4, 0.5) is 0 Å². The van der Waals surface area contributed by atoms with E-state index in [1.54, 1.807) is 13.2 Å². The standard InChI is InChI=1S/C9H10O2/c1-8-4-3-7(10)9(8,11-2)6-5-8/h3-6H,1-2H3. The first-order valence-corrected chi connectivity index (χ1v) is 3.64. The van der Waals surface area contributed by atoms with Gasteiger partial charge in [-0.15, -0.1) is 0 Å². The third kappa shape index (κ3) is 0.508. The maximum atomic E-state index is 11.3. The normalized spacial score (nSPS) is 45.8. The lowest BCUT2D eigenvalue weighted by molar-refractivity contribution is -0.137. The summed E-state index contributed by atoms with van der Waals surface area (Å²) in [6, 6.07) is 0. The lowest BCUT2D eigenvalue weighted by Crippen LogP contribution is -2.52. The number of carbonyl (C=O) groups is 1. The van der Waals surface area contributed by atoms with Gasteiger partial charge < -0.3 is 4.74 Å². The van der Waals surface area contributed by atoms with Crippen LogP contribution in [0.2, 0.25) is 0 Å². The van der Waals surface area contributed by atoms with Crippen molar-refractivity contribution in [3.63, 3.8) is 0 Å². The molecule has 0 saturated carbocycles. The minimum atomic E-state index is -0.660. The molecule has 0 aromatic rings. The summed E-state index contributed by atoms with van der Waals surface area (Å²) in [7, 11) is 1.58. The van der Waals surface area contributed by atoms with Crippen molar-refractivity contribution >= 4 is 5.78 Å². The van der Waals surface area contributed by atoms with Gasteiger partial charge in [0.25, 0.3) is 0 Å². The molecular formula is C9H10O2. The minimum absolute atomic E-state index is 0.0602. The number of hydrogen-bond acceptors (Lipinski definition) is 2. The zero-order valence-electron chi connectivity index (χ0n) is 6.63. The molecule has 2 aliphatic rings. The van der Waals surface area contributed by atoms with E-state index in [1.807, 2.05) is 25.2 Å². The first-order valence-electron chi connectivity index (χ1n) is 3.64. The van der Waals surface area contributed by atoms with Gasteiger partial charge in [-0.1, -0.05) is 12.2 Å². The number of hydrogen-bond donors (Lipinski definition) is 0. The summed E-state index contributed by atoms with van der Waals surface area (Å²) in [4.78, 5) is 11.3. The molecule has 2 aliphatic carbocycles. The van der Waals surface area contributed by atoms with Crippen LogP contribution in [0.1, 0.15) is 6.92 Å². The topological polar surface area (TPSA) is 26.3 Å². The first kappa shape index (κ1) is 6.80. The monoisotopic (exact) mass is 150 g/mol. The quantitative estimate of drug-likeness (QED) is 0.523. The summed E-state index contributed by atoms with van der Waals surface area (Å²) >= 11 is 0. The van der Waals surface area contributed by atoms with Crippen LogP contribution in [0.5, 0.6) is 0 Å². The fourth-order valence-corrected chi connectivity index (χ4v) is 1.79. The number of carbonyl (C=O) groups excluding carboxylic acids is 1. The van der Waals surface area contributed by atoms with Crippen LogP contribution in [-0.4, -0.2) is 18.5 Å². The first-order chi connectivity index (χ1) is 5.15. The molecule has 0 aromatic heterocycles. The Morgan fingerprint density at radius 2 is 2.09 bits per heavy atom. The number of ether oxygens (including phenoxy) is 1. The van der Waals surface area contributed by atoms with Crippen LogP contribution < -0.4 is 0 Å². The lowest BCUT2D eigenvalue weighted by Gasteiger charge is -2.43. The van der Waals surface area contributed by atoms with Gasteiger partial charge in [-0.3, -0.25) is 4.79 Å². The van der Waals surface area contributed by atoms with Crippen LogP contribution in [0, 0.1) is 5.41 Å². The van der Waals surface area contributed by atoms with E-state index in [0.717, 1.165) is 0 Å². The molecule has 11 heavy (non-hydrogen) atoms. The van der Waals surface area contributed by atoms with Crippen molar-refractivity contribution in [2.75, 3.05) is 7.11 Å². The molecule has 0 radical (unpaired) electrons. The summed E-state index contributed by atoms with van der Waals surface area (Å²) in [6.07, 6.45) is 7.33. The predicted molar refractivity (Wildman–Crippen MR) is 41.1 cm³/mol. The SMILES string of the molecule is COC12C=CC1(C)C=CC2=O. The van der Waals surface area contributed by atoms with Crippen molar-refractivity contribution in [3.8, 4) is 0 Å². The van der Waals surface area contributed by atoms with Gasteiger partial charge in [0, 0.05) is 12.5 Å². The zero-order chi connectivity index (χ0) is 8.11. The Morgan fingerprint density at radius 3 is 2.36 bits per heavy atom. The third-order valence-electron chi connectivity index (χ3n) is 2.73. The second kappa shape index (κ2) is 1.64. The van der Waals surface area contributed by atoms with Crippen LogP contribution >= 0.6 is 0 Å². The molecule has 2 heteroatoms. The maximum absolute atomic E-state index is 11.3. The highest BCUT2D eigenvalue weighted by molar-refractivity contribution is 6.04. The van der Waals surface area contributed by atoms with Crippen molar-refractivity contribution in [1.29, 1.82) is 0 Å². The molecule has 0 bridgehead atoms. The van der Waals surface area contributed by atoms with Gasteiger partial charge in [-0.2, -0.15) is 0 Å². The molecule has 2 rings (SSSR count). The molecule has 0 amide bonds. The Hall–Kier alpha value is -0.890. The molecule has 0 fully saturated rings. The lowest BCUT2D eigenvalue weighted by atomic mass is 9.66. The predicted octanol–water partition coefficient (Wildman–Crippen LogP) is 1.09. The maximum Gasteiger partial charge on any atom is 0.192 e. The molecule has 0 N–H and O–H groups in total. The molecule has 58 valence electrons. The van der Waals surface area contributed by atoms with E-state index < -0.39 is 5.60 Å². The number of ketones is 1. The largest absolute Gasteiger partial charge is 0.365 e. The fourth-order valence-electron chi connectivity index (χ4n) is 1.79. The molecular weight excluding hydrogens is 140 g/mol. The van der Waals surface area contributed by atoms with Gasteiger partial charge in [-0.05, 0) is 19.1 Å². The van der Waals surface area contributed by atoms with E-state index in [0.29, 0.717) is 0 Å². The Morgan fingerprint density at radius 1 is 1.36 bits per heavy atom. The van der Waals surface area contributed by atoms with E-state index in [2.05, 4.69) is 0 Å². The highest BCUT2D eigenvalue weighted by atomic mass is 16.5. The molecule has 0 spiro atoms. The molecule has 0 saturated heterocycles. The summed E-state index contributed by atoms with van der Waals surface area (Å²) in [5.74, 6) is 0.0602. The van der Waals surface area contributed by atoms with Crippen molar-refractivity contribution in [3.05, 3.63) is 24.3 Å². The second-order valence-electron chi connectivity index (χ2n) is 3.25. The molecule has 2 unspecified atom stereocenters. The fraction of sp³-hybridized carbons (Fsp3) is 0.444. The Kier molecular flexibility index (Phi) is 1.01. The summed E-state index contributed by atoms with van der Waals surface area (Å²) < 4.78 is 5.21. The molecule has 2 nitrogen and oxygen atoms in total. The molecule has 0 aliphatic heterocycles. The Balaban J connectivity index is 2.50. The minimum Gasteiger partial charge on any atom is -0.365 e. The van der Waals surface area contributed by atoms with Crippen LogP contribution in [-0.2, 0) is 9.53 Å². The van der Waals surface area contributed by atoms with Gasteiger partial charge >= 0.3 is 0 Å². The summed E-state index contributed by atoms with van der Waals surface area (Å²) in [6.45, 7) is 2.00.